The number of halogens is 1. The number of nitrogens with one attached hydrogen (secondary N) is 2. The van der Waals surface area contributed by atoms with Gasteiger partial charge in [-0.05, 0) is 67.9 Å². The summed E-state index contributed by atoms with van der Waals surface area (Å²) in [7, 11) is 0. The molecule has 2 heterocycles. The Morgan fingerprint density at radius 1 is 1.12 bits per heavy atom. The van der Waals surface area contributed by atoms with Gasteiger partial charge in [0.25, 0.3) is 17.6 Å². The van der Waals surface area contributed by atoms with Crippen molar-refractivity contribution in [2.24, 2.45) is 5.41 Å². The molecule has 0 radical (unpaired) electrons. The summed E-state index contributed by atoms with van der Waals surface area (Å²) in [6.45, 7) is 8.62. The average molecular weight is 472 g/mol. The summed E-state index contributed by atoms with van der Waals surface area (Å²) in [4.78, 5) is 50.9. The van der Waals surface area contributed by atoms with Gasteiger partial charge in [0.05, 0.1) is 11.3 Å². The van der Waals surface area contributed by atoms with Crippen LogP contribution in [0.2, 0.25) is 0 Å². The molecular weight excluding hydrogens is 441 g/mol. The number of rotatable bonds is 6. The molecule has 0 bridgehead atoms. The number of ketones is 1. The van der Waals surface area contributed by atoms with Crippen LogP contribution in [0.5, 0.6) is 0 Å². The molecule has 1 aliphatic heterocycles. The molecule has 1 unspecified atom stereocenters. The summed E-state index contributed by atoms with van der Waals surface area (Å²) in [6.07, 6.45) is 2.16. The number of amides is 2. The standard InChI is InChI=1S/C25H30FN3O5/c1-13-12-15(9-10-16(13)26)27-22(31)18-14(2)19(29-11-7-6-8-17(18)29)20(30)23(32)28-21(24(33)34)25(3,4)5/h9-10,12,21H,6-8,11H2,1-5H3,(H,27,31)(H,28,32)(H,33,34). The Morgan fingerprint density at radius 3 is 2.38 bits per heavy atom. The Labute approximate surface area is 197 Å². The van der Waals surface area contributed by atoms with Crippen molar-refractivity contribution in [3.63, 3.8) is 0 Å². The van der Waals surface area contributed by atoms with Crippen LogP contribution in [0.1, 0.15) is 71.3 Å². The van der Waals surface area contributed by atoms with Crippen LogP contribution in [0.25, 0.3) is 0 Å². The van der Waals surface area contributed by atoms with E-state index >= 15 is 0 Å². The maximum atomic E-state index is 13.6. The lowest BCUT2D eigenvalue weighted by Gasteiger charge is -2.27. The van der Waals surface area contributed by atoms with Crippen LogP contribution < -0.4 is 10.6 Å². The van der Waals surface area contributed by atoms with E-state index in [0.29, 0.717) is 41.0 Å². The molecule has 8 nitrogen and oxygen atoms in total. The van der Waals surface area contributed by atoms with Gasteiger partial charge in [0.15, 0.2) is 0 Å². The topological polar surface area (TPSA) is 118 Å². The maximum Gasteiger partial charge on any atom is 0.326 e. The fourth-order valence-corrected chi connectivity index (χ4v) is 4.34. The van der Waals surface area contributed by atoms with Crippen molar-refractivity contribution in [2.45, 2.75) is 66.5 Å². The smallest absolute Gasteiger partial charge is 0.326 e. The number of aromatic nitrogens is 1. The molecule has 1 atom stereocenters. The summed E-state index contributed by atoms with van der Waals surface area (Å²) in [5, 5.41) is 14.6. The number of benzene rings is 1. The van der Waals surface area contributed by atoms with Gasteiger partial charge in [-0.25, -0.2) is 9.18 Å². The largest absolute Gasteiger partial charge is 0.480 e. The van der Waals surface area contributed by atoms with Crippen LogP contribution in [0.3, 0.4) is 0 Å². The Kier molecular flexibility index (Phi) is 6.95. The zero-order chi connectivity index (χ0) is 25.4. The predicted octanol–water partition coefficient (Wildman–Crippen LogP) is 3.63. The van der Waals surface area contributed by atoms with Crippen LogP contribution >= 0.6 is 0 Å². The Hall–Kier alpha value is -3.49. The number of Topliss-reactive ketones (excluding diaryl/α,β-unsaturated/α-hetero) is 1. The first-order chi connectivity index (χ1) is 15.8. The van der Waals surface area contributed by atoms with E-state index in [9.17, 15) is 28.7 Å². The van der Waals surface area contributed by atoms with Crippen molar-refractivity contribution in [1.29, 1.82) is 0 Å². The highest BCUT2D eigenvalue weighted by atomic mass is 19.1. The highest BCUT2D eigenvalue weighted by Gasteiger charge is 2.37. The zero-order valence-electron chi connectivity index (χ0n) is 20.0. The molecule has 0 spiro atoms. The molecule has 0 fully saturated rings. The van der Waals surface area contributed by atoms with Crippen molar-refractivity contribution in [3.05, 3.63) is 52.1 Å². The van der Waals surface area contributed by atoms with Crippen LogP contribution in [-0.4, -0.2) is 39.3 Å². The van der Waals surface area contributed by atoms with Gasteiger partial charge in [-0.3, -0.25) is 14.4 Å². The minimum Gasteiger partial charge on any atom is -0.480 e. The van der Waals surface area contributed by atoms with Crippen molar-refractivity contribution < 1.29 is 28.7 Å². The van der Waals surface area contributed by atoms with E-state index < -0.39 is 35.0 Å². The number of hydrogen-bond acceptors (Lipinski definition) is 4. The molecule has 0 saturated heterocycles. The van der Waals surface area contributed by atoms with Crippen molar-refractivity contribution in [3.8, 4) is 0 Å². The van der Waals surface area contributed by atoms with Crippen molar-refractivity contribution in [1.82, 2.24) is 9.88 Å². The molecule has 3 rings (SSSR count). The van der Waals surface area contributed by atoms with Crippen LogP contribution in [-0.2, 0) is 22.6 Å². The van der Waals surface area contributed by atoms with E-state index in [1.807, 2.05) is 0 Å². The number of carbonyl (C=O) groups excluding carboxylic acids is 3. The van der Waals surface area contributed by atoms with Gasteiger partial charge in [-0.15, -0.1) is 0 Å². The fourth-order valence-electron chi connectivity index (χ4n) is 4.34. The molecule has 1 aromatic heterocycles. The molecule has 1 aromatic carbocycles. The second-order valence-corrected chi connectivity index (χ2v) is 9.76. The number of carbonyl (C=O) groups is 4. The Morgan fingerprint density at radius 2 is 1.79 bits per heavy atom. The van der Waals surface area contributed by atoms with E-state index in [2.05, 4.69) is 10.6 Å². The second-order valence-electron chi connectivity index (χ2n) is 9.76. The molecule has 2 amide bonds. The first-order valence-electron chi connectivity index (χ1n) is 11.2. The molecule has 3 N–H and O–H groups in total. The molecule has 0 aliphatic carbocycles. The SMILES string of the molecule is Cc1cc(NC(=O)c2c(C)c(C(=O)C(=O)NC(C(=O)O)C(C)(C)C)n3c2CCCC3)ccc1F. The molecular formula is C25H30FN3O5. The number of anilines is 1. The minimum atomic E-state index is -1.26. The van der Waals surface area contributed by atoms with Gasteiger partial charge >= 0.3 is 5.97 Å². The number of nitrogens with zero attached hydrogens (tertiary/aromatic N) is 1. The van der Waals surface area contributed by atoms with Crippen LogP contribution in [0.4, 0.5) is 10.1 Å². The van der Waals surface area contributed by atoms with Crippen LogP contribution in [0.15, 0.2) is 18.2 Å². The predicted molar refractivity (Wildman–Crippen MR) is 125 cm³/mol. The van der Waals surface area contributed by atoms with Gasteiger partial charge in [0.2, 0.25) is 0 Å². The number of aliphatic carboxylic acids is 1. The third-order valence-electron chi connectivity index (χ3n) is 6.11. The van der Waals surface area contributed by atoms with E-state index in [-0.39, 0.29) is 11.5 Å². The highest BCUT2D eigenvalue weighted by molar-refractivity contribution is 6.43. The van der Waals surface area contributed by atoms with E-state index in [0.717, 1.165) is 12.8 Å². The minimum absolute atomic E-state index is 0.0886. The van der Waals surface area contributed by atoms with Gasteiger partial charge in [-0.1, -0.05) is 20.8 Å². The molecule has 9 heteroatoms. The number of hydrogen-bond donors (Lipinski definition) is 3. The third kappa shape index (κ3) is 4.88. The normalized spacial score (nSPS) is 14.2. The summed E-state index contributed by atoms with van der Waals surface area (Å²) in [5.74, 6) is -3.99. The van der Waals surface area contributed by atoms with Gasteiger partial charge < -0.3 is 20.3 Å². The lowest BCUT2D eigenvalue weighted by atomic mass is 9.86. The van der Waals surface area contributed by atoms with Gasteiger partial charge in [0.1, 0.15) is 11.9 Å². The van der Waals surface area contributed by atoms with Crippen molar-refractivity contribution in [2.75, 3.05) is 5.32 Å². The van der Waals surface area contributed by atoms with E-state index in [1.54, 1.807) is 39.2 Å². The van der Waals surface area contributed by atoms with Gasteiger partial charge in [-0.2, -0.15) is 0 Å². The van der Waals surface area contributed by atoms with E-state index in [1.165, 1.54) is 18.2 Å². The summed E-state index contributed by atoms with van der Waals surface area (Å²) >= 11 is 0. The quantitative estimate of drug-likeness (QED) is 0.439. The number of carboxylic acid groups (broad SMARTS) is 1. The fraction of sp³-hybridized carbons (Fsp3) is 0.440. The summed E-state index contributed by atoms with van der Waals surface area (Å²) in [5.41, 5.74) is 1.40. The molecule has 34 heavy (non-hydrogen) atoms. The first-order valence-corrected chi connectivity index (χ1v) is 11.2. The molecule has 182 valence electrons. The molecule has 0 saturated carbocycles. The van der Waals surface area contributed by atoms with E-state index in [4.69, 9.17) is 0 Å². The van der Waals surface area contributed by atoms with Gasteiger partial charge in [0, 0.05) is 17.9 Å². The number of carboxylic acids is 1. The lowest BCUT2D eigenvalue weighted by Crippen LogP contribution is -2.51. The summed E-state index contributed by atoms with van der Waals surface area (Å²) < 4.78 is 15.3. The summed E-state index contributed by atoms with van der Waals surface area (Å²) in [6, 6.07) is 2.98. The van der Waals surface area contributed by atoms with Crippen molar-refractivity contribution >= 4 is 29.3 Å². The Balaban J connectivity index is 1.97. The highest BCUT2D eigenvalue weighted by Crippen LogP contribution is 2.30. The number of fused-ring (bicyclic) bond motifs is 1. The lowest BCUT2D eigenvalue weighted by molar-refractivity contribution is -0.144. The first kappa shape index (κ1) is 25.1. The Bertz CT molecular complexity index is 1180. The second kappa shape index (κ2) is 9.40. The molecule has 1 aliphatic rings. The zero-order valence-corrected chi connectivity index (χ0v) is 20.0. The molecule has 2 aromatic rings. The third-order valence-corrected chi connectivity index (χ3v) is 6.11. The maximum absolute atomic E-state index is 13.6. The number of aryl methyl sites for hydroxylation is 1. The average Bonchev–Trinajstić information content (AvgIpc) is 3.04. The van der Waals surface area contributed by atoms with Crippen LogP contribution in [0, 0.1) is 25.1 Å². The monoisotopic (exact) mass is 471 g/mol.